The predicted octanol–water partition coefficient (Wildman–Crippen LogP) is 1.10. The van der Waals surface area contributed by atoms with Gasteiger partial charge in [-0.05, 0) is 31.2 Å². The summed E-state index contributed by atoms with van der Waals surface area (Å²) in [5.74, 6) is 1.99. The van der Waals surface area contributed by atoms with Gasteiger partial charge in [0.15, 0.2) is 0 Å². The molecule has 2 aliphatic heterocycles. The van der Waals surface area contributed by atoms with Gasteiger partial charge in [-0.15, -0.1) is 0 Å². The van der Waals surface area contributed by atoms with Crippen LogP contribution in [0.3, 0.4) is 0 Å². The lowest BCUT2D eigenvalue weighted by Gasteiger charge is -2.36. The second-order valence-electron chi connectivity index (χ2n) is 5.38. The van der Waals surface area contributed by atoms with E-state index in [2.05, 4.69) is 24.1 Å². The van der Waals surface area contributed by atoms with Gasteiger partial charge in [0.2, 0.25) is 5.91 Å². The maximum Gasteiger partial charge on any atom is 0.227 e. The lowest BCUT2D eigenvalue weighted by atomic mass is 9.91. The highest BCUT2D eigenvalue weighted by molar-refractivity contribution is 5.79. The molecule has 0 radical (unpaired) electrons. The van der Waals surface area contributed by atoms with Crippen LogP contribution in [0.15, 0.2) is 0 Å². The summed E-state index contributed by atoms with van der Waals surface area (Å²) in [6.07, 6.45) is 2.30. The van der Waals surface area contributed by atoms with Gasteiger partial charge in [0.05, 0.1) is 5.92 Å². The SMILES string of the molecule is CC1CC(C)CN(C(=O)C2CCNC2)C1. The molecule has 3 unspecified atom stereocenters. The number of piperidine rings is 1. The number of nitrogens with one attached hydrogen (secondary N) is 1. The highest BCUT2D eigenvalue weighted by atomic mass is 16.2. The Kier molecular flexibility index (Phi) is 3.29. The number of likely N-dealkylation sites (tertiary alicyclic amines) is 1. The molecule has 0 aliphatic carbocycles. The fourth-order valence-corrected chi connectivity index (χ4v) is 2.97. The van der Waals surface area contributed by atoms with Crippen LogP contribution in [0.5, 0.6) is 0 Å². The molecule has 1 N–H and O–H groups in total. The van der Waals surface area contributed by atoms with Gasteiger partial charge in [-0.2, -0.15) is 0 Å². The summed E-state index contributed by atoms with van der Waals surface area (Å²) in [4.78, 5) is 14.3. The van der Waals surface area contributed by atoms with Crippen LogP contribution in [-0.4, -0.2) is 37.0 Å². The fourth-order valence-electron chi connectivity index (χ4n) is 2.97. The number of carbonyl (C=O) groups is 1. The summed E-state index contributed by atoms with van der Waals surface area (Å²) in [5.41, 5.74) is 0. The van der Waals surface area contributed by atoms with E-state index in [1.165, 1.54) is 6.42 Å². The third-order valence-corrected chi connectivity index (χ3v) is 3.59. The average molecular weight is 210 g/mol. The Morgan fingerprint density at radius 1 is 1.27 bits per heavy atom. The topological polar surface area (TPSA) is 32.3 Å². The molecule has 3 nitrogen and oxygen atoms in total. The van der Waals surface area contributed by atoms with E-state index in [1.807, 2.05) is 0 Å². The maximum atomic E-state index is 12.2. The van der Waals surface area contributed by atoms with Gasteiger partial charge in [-0.25, -0.2) is 0 Å². The van der Waals surface area contributed by atoms with Crippen molar-refractivity contribution in [2.24, 2.45) is 17.8 Å². The Labute approximate surface area is 92.2 Å². The molecule has 3 atom stereocenters. The van der Waals surface area contributed by atoms with Crippen LogP contribution < -0.4 is 5.32 Å². The van der Waals surface area contributed by atoms with Crippen LogP contribution in [0.25, 0.3) is 0 Å². The summed E-state index contributed by atoms with van der Waals surface area (Å²) in [5, 5.41) is 3.27. The van der Waals surface area contributed by atoms with Crippen LogP contribution in [0.4, 0.5) is 0 Å². The second-order valence-corrected chi connectivity index (χ2v) is 5.38. The minimum Gasteiger partial charge on any atom is -0.342 e. The zero-order valence-electron chi connectivity index (χ0n) is 9.83. The number of rotatable bonds is 1. The molecular weight excluding hydrogens is 188 g/mol. The van der Waals surface area contributed by atoms with Gasteiger partial charge in [0.25, 0.3) is 0 Å². The Bertz CT molecular complexity index is 226. The molecule has 3 heteroatoms. The molecule has 0 spiro atoms. The van der Waals surface area contributed by atoms with E-state index in [1.54, 1.807) is 0 Å². The van der Waals surface area contributed by atoms with Crippen molar-refractivity contribution in [2.45, 2.75) is 26.7 Å². The van der Waals surface area contributed by atoms with Crippen LogP contribution >= 0.6 is 0 Å². The van der Waals surface area contributed by atoms with E-state index >= 15 is 0 Å². The molecule has 15 heavy (non-hydrogen) atoms. The van der Waals surface area contributed by atoms with Crippen LogP contribution in [0.2, 0.25) is 0 Å². The fraction of sp³-hybridized carbons (Fsp3) is 0.917. The first kappa shape index (κ1) is 10.9. The van der Waals surface area contributed by atoms with Gasteiger partial charge in [-0.1, -0.05) is 13.8 Å². The lowest BCUT2D eigenvalue weighted by Crippen LogP contribution is -2.45. The lowest BCUT2D eigenvalue weighted by molar-refractivity contribution is -0.137. The molecule has 2 heterocycles. The Morgan fingerprint density at radius 3 is 2.47 bits per heavy atom. The number of hydrogen-bond donors (Lipinski definition) is 1. The largest absolute Gasteiger partial charge is 0.342 e. The van der Waals surface area contributed by atoms with Crippen LogP contribution in [-0.2, 0) is 4.79 Å². The van der Waals surface area contributed by atoms with E-state index in [-0.39, 0.29) is 5.92 Å². The molecule has 2 saturated heterocycles. The highest BCUT2D eigenvalue weighted by Gasteiger charge is 2.31. The summed E-state index contributed by atoms with van der Waals surface area (Å²) >= 11 is 0. The first-order chi connectivity index (χ1) is 7.16. The standard InChI is InChI=1S/C12H22N2O/c1-9-5-10(2)8-14(7-9)12(15)11-3-4-13-6-11/h9-11,13H,3-8H2,1-2H3. The molecule has 2 rings (SSSR count). The molecule has 0 aromatic heterocycles. The summed E-state index contributed by atoms with van der Waals surface area (Å²) in [6, 6.07) is 0. The number of hydrogen-bond acceptors (Lipinski definition) is 2. The Morgan fingerprint density at radius 2 is 1.93 bits per heavy atom. The van der Waals surface area contributed by atoms with Crippen molar-refractivity contribution in [3.05, 3.63) is 0 Å². The summed E-state index contributed by atoms with van der Waals surface area (Å²) < 4.78 is 0. The second kappa shape index (κ2) is 4.52. The molecule has 0 aromatic rings. The molecule has 2 fully saturated rings. The smallest absolute Gasteiger partial charge is 0.227 e. The summed E-state index contributed by atoms with van der Waals surface area (Å²) in [7, 11) is 0. The Balaban J connectivity index is 1.93. The van der Waals surface area contributed by atoms with Crippen molar-refractivity contribution >= 4 is 5.91 Å². The van der Waals surface area contributed by atoms with Crippen molar-refractivity contribution in [1.82, 2.24) is 10.2 Å². The minimum absolute atomic E-state index is 0.252. The molecule has 1 amide bonds. The van der Waals surface area contributed by atoms with Crippen LogP contribution in [0, 0.1) is 17.8 Å². The third-order valence-electron chi connectivity index (χ3n) is 3.59. The van der Waals surface area contributed by atoms with Gasteiger partial charge >= 0.3 is 0 Å². The number of amides is 1. The number of nitrogens with zero attached hydrogens (tertiary/aromatic N) is 1. The van der Waals surface area contributed by atoms with Gasteiger partial charge < -0.3 is 10.2 Å². The van der Waals surface area contributed by atoms with Crippen molar-refractivity contribution in [1.29, 1.82) is 0 Å². The van der Waals surface area contributed by atoms with E-state index in [9.17, 15) is 4.79 Å². The van der Waals surface area contributed by atoms with E-state index in [0.717, 1.165) is 32.6 Å². The van der Waals surface area contributed by atoms with Crippen molar-refractivity contribution < 1.29 is 4.79 Å². The predicted molar refractivity (Wildman–Crippen MR) is 60.5 cm³/mol. The van der Waals surface area contributed by atoms with Crippen molar-refractivity contribution in [3.63, 3.8) is 0 Å². The van der Waals surface area contributed by atoms with E-state index < -0.39 is 0 Å². The Hall–Kier alpha value is -0.570. The monoisotopic (exact) mass is 210 g/mol. The third kappa shape index (κ3) is 2.51. The van der Waals surface area contributed by atoms with Gasteiger partial charge in [-0.3, -0.25) is 4.79 Å². The summed E-state index contributed by atoms with van der Waals surface area (Å²) in [6.45, 7) is 8.35. The van der Waals surface area contributed by atoms with Gasteiger partial charge in [0, 0.05) is 19.6 Å². The normalized spacial score (nSPS) is 36.9. The quantitative estimate of drug-likeness (QED) is 0.703. The first-order valence-corrected chi connectivity index (χ1v) is 6.16. The molecule has 0 aromatic carbocycles. The maximum absolute atomic E-state index is 12.2. The number of carbonyl (C=O) groups excluding carboxylic acids is 1. The van der Waals surface area contributed by atoms with Gasteiger partial charge in [0.1, 0.15) is 0 Å². The van der Waals surface area contributed by atoms with E-state index in [4.69, 9.17) is 0 Å². The zero-order chi connectivity index (χ0) is 10.8. The first-order valence-electron chi connectivity index (χ1n) is 6.16. The molecule has 0 bridgehead atoms. The zero-order valence-corrected chi connectivity index (χ0v) is 9.83. The molecule has 2 aliphatic rings. The average Bonchev–Trinajstić information content (AvgIpc) is 2.67. The van der Waals surface area contributed by atoms with Crippen molar-refractivity contribution in [3.8, 4) is 0 Å². The van der Waals surface area contributed by atoms with Crippen LogP contribution in [0.1, 0.15) is 26.7 Å². The van der Waals surface area contributed by atoms with Crippen molar-refractivity contribution in [2.75, 3.05) is 26.2 Å². The van der Waals surface area contributed by atoms with E-state index in [0.29, 0.717) is 17.7 Å². The molecular formula is C12H22N2O. The minimum atomic E-state index is 0.252. The molecule has 0 saturated carbocycles. The molecule has 86 valence electrons. The highest BCUT2D eigenvalue weighted by Crippen LogP contribution is 2.23.